The van der Waals surface area contributed by atoms with Gasteiger partial charge in [-0.2, -0.15) is 0 Å². The molecule has 1 amide bonds. The summed E-state index contributed by atoms with van der Waals surface area (Å²) in [6.45, 7) is 8.04. The molecular formula is C16H25N3O2. The SMILES string of the molecule is CC(=O)NCCNC(C)Cc1ccc2c(c1)NCC(C)O2. The van der Waals surface area contributed by atoms with Gasteiger partial charge in [0.15, 0.2) is 0 Å². The third kappa shape index (κ3) is 4.93. The smallest absolute Gasteiger partial charge is 0.216 e. The van der Waals surface area contributed by atoms with E-state index < -0.39 is 0 Å². The van der Waals surface area contributed by atoms with E-state index in [1.807, 2.05) is 6.07 Å². The molecule has 1 aliphatic rings. The topological polar surface area (TPSA) is 62.4 Å². The Morgan fingerprint density at radius 2 is 2.29 bits per heavy atom. The highest BCUT2D eigenvalue weighted by Gasteiger charge is 2.15. The van der Waals surface area contributed by atoms with Gasteiger partial charge in [-0.25, -0.2) is 0 Å². The molecule has 3 N–H and O–H groups in total. The van der Waals surface area contributed by atoms with Gasteiger partial charge in [-0.1, -0.05) is 6.07 Å². The zero-order valence-corrected chi connectivity index (χ0v) is 13.0. The molecule has 0 aromatic heterocycles. The number of carbonyl (C=O) groups is 1. The molecule has 1 heterocycles. The summed E-state index contributed by atoms with van der Waals surface area (Å²) in [6.07, 6.45) is 1.17. The third-order valence-corrected chi connectivity index (χ3v) is 3.49. The van der Waals surface area contributed by atoms with Crippen molar-refractivity contribution in [3.63, 3.8) is 0 Å². The van der Waals surface area contributed by atoms with Crippen molar-refractivity contribution in [3.8, 4) is 5.75 Å². The number of nitrogens with one attached hydrogen (secondary N) is 3. The number of benzene rings is 1. The van der Waals surface area contributed by atoms with Crippen LogP contribution in [-0.4, -0.2) is 37.7 Å². The van der Waals surface area contributed by atoms with Crippen LogP contribution < -0.4 is 20.7 Å². The number of hydrogen-bond donors (Lipinski definition) is 3. The van der Waals surface area contributed by atoms with E-state index in [-0.39, 0.29) is 12.0 Å². The molecule has 21 heavy (non-hydrogen) atoms. The van der Waals surface area contributed by atoms with Gasteiger partial charge in [-0.05, 0) is 38.0 Å². The van der Waals surface area contributed by atoms with E-state index in [9.17, 15) is 4.79 Å². The van der Waals surface area contributed by atoms with Crippen LogP contribution in [0, 0.1) is 0 Å². The monoisotopic (exact) mass is 291 g/mol. The van der Waals surface area contributed by atoms with Crippen molar-refractivity contribution in [1.29, 1.82) is 0 Å². The summed E-state index contributed by atoms with van der Waals surface area (Å²) >= 11 is 0. The summed E-state index contributed by atoms with van der Waals surface area (Å²) in [6, 6.07) is 6.68. The number of amides is 1. The molecular weight excluding hydrogens is 266 g/mol. The van der Waals surface area contributed by atoms with E-state index in [4.69, 9.17) is 4.74 Å². The van der Waals surface area contributed by atoms with Gasteiger partial charge >= 0.3 is 0 Å². The van der Waals surface area contributed by atoms with Crippen molar-refractivity contribution in [2.75, 3.05) is 25.0 Å². The lowest BCUT2D eigenvalue weighted by Gasteiger charge is -2.25. The average Bonchev–Trinajstić information content (AvgIpc) is 2.43. The van der Waals surface area contributed by atoms with Gasteiger partial charge in [0.1, 0.15) is 11.9 Å². The maximum absolute atomic E-state index is 10.8. The van der Waals surface area contributed by atoms with Gasteiger partial charge in [0.2, 0.25) is 5.91 Å². The number of carbonyl (C=O) groups excluding carboxylic acids is 1. The number of rotatable bonds is 6. The van der Waals surface area contributed by atoms with Crippen molar-refractivity contribution in [3.05, 3.63) is 23.8 Å². The molecule has 0 aliphatic carbocycles. The number of ether oxygens (including phenoxy) is 1. The first-order valence-corrected chi connectivity index (χ1v) is 7.56. The average molecular weight is 291 g/mol. The van der Waals surface area contributed by atoms with Crippen LogP contribution in [0.3, 0.4) is 0 Å². The Hall–Kier alpha value is -1.75. The lowest BCUT2D eigenvalue weighted by molar-refractivity contribution is -0.118. The molecule has 5 heteroatoms. The van der Waals surface area contributed by atoms with Crippen LogP contribution in [0.1, 0.15) is 26.3 Å². The maximum atomic E-state index is 10.8. The highest BCUT2D eigenvalue weighted by molar-refractivity contribution is 5.72. The molecule has 2 unspecified atom stereocenters. The molecule has 2 atom stereocenters. The van der Waals surface area contributed by atoms with E-state index in [2.05, 4.69) is 41.9 Å². The Morgan fingerprint density at radius 1 is 1.48 bits per heavy atom. The van der Waals surface area contributed by atoms with Gasteiger partial charge in [-0.3, -0.25) is 4.79 Å². The summed E-state index contributed by atoms with van der Waals surface area (Å²) in [5, 5.41) is 9.59. The summed E-state index contributed by atoms with van der Waals surface area (Å²) in [7, 11) is 0. The van der Waals surface area contributed by atoms with E-state index in [0.29, 0.717) is 12.6 Å². The van der Waals surface area contributed by atoms with Crippen LogP contribution in [0.25, 0.3) is 0 Å². The van der Waals surface area contributed by atoms with Crippen LogP contribution in [0.4, 0.5) is 5.69 Å². The fraction of sp³-hybridized carbons (Fsp3) is 0.562. The zero-order valence-electron chi connectivity index (χ0n) is 13.0. The van der Waals surface area contributed by atoms with E-state index in [1.54, 1.807) is 0 Å². The molecule has 5 nitrogen and oxygen atoms in total. The summed E-state index contributed by atoms with van der Waals surface area (Å²) in [5.74, 6) is 0.947. The van der Waals surface area contributed by atoms with Crippen molar-refractivity contribution < 1.29 is 9.53 Å². The molecule has 0 bridgehead atoms. The van der Waals surface area contributed by atoms with Gasteiger partial charge < -0.3 is 20.7 Å². The van der Waals surface area contributed by atoms with Crippen LogP contribution in [-0.2, 0) is 11.2 Å². The second-order valence-electron chi connectivity index (χ2n) is 5.68. The molecule has 116 valence electrons. The molecule has 1 aromatic carbocycles. The fourth-order valence-corrected chi connectivity index (χ4v) is 2.44. The maximum Gasteiger partial charge on any atom is 0.216 e. The standard InChI is InChI=1S/C16H25N3O2/c1-11(17-6-7-18-13(3)20)8-14-4-5-16-15(9-14)19-10-12(2)21-16/h4-5,9,11-12,17,19H,6-8,10H2,1-3H3,(H,18,20). The van der Waals surface area contributed by atoms with Crippen LogP contribution in [0.5, 0.6) is 5.75 Å². The minimum Gasteiger partial charge on any atom is -0.487 e. The largest absolute Gasteiger partial charge is 0.487 e. The first-order chi connectivity index (χ1) is 10.0. The van der Waals surface area contributed by atoms with Crippen LogP contribution >= 0.6 is 0 Å². The molecule has 0 radical (unpaired) electrons. The second-order valence-corrected chi connectivity index (χ2v) is 5.68. The number of hydrogen-bond acceptors (Lipinski definition) is 4. The third-order valence-electron chi connectivity index (χ3n) is 3.49. The van der Waals surface area contributed by atoms with Gasteiger partial charge in [-0.15, -0.1) is 0 Å². The van der Waals surface area contributed by atoms with Crippen molar-refractivity contribution in [2.45, 2.75) is 39.3 Å². The predicted molar refractivity (Wildman–Crippen MR) is 84.9 cm³/mol. The van der Waals surface area contributed by atoms with Crippen molar-refractivity contribution in [1.82, 2.24) is 10.6 Å². The zero-order chi connectivity index (χ0) is 15.2. The molecule has 1 aliphatic heterocycles. The molecule has 0 saturated heterocycles. The normalized spacial score (nSPS) is 18.1. The van der Waals surface area contributed by atoms with Crippen molar-refractivity contribution in [2.24, 2.45) is 0 Å². The first kappa shape index (κ1) is 15.6. The summed E-state index contributed by atoms with van der Waals surface area (Å²) in [4.78, 5) is 10.8. The fourth-order valence-electron chi connectivity index (χ4n) is 2.44. The van der Waals surface area contributed by atoms with Gasteiger partial charge in [0.05, 0.1) is 12.2 Å². The Labute approximate surface area is 126 Å². The Kier molecular flexibility index (Phi) is 5.44. The Balaban J connectivity index is 1.81. The predicted octanol–water partition coefficient (Wildman–Crippen LogP) is 1.54. The minimum absolute atomic E-state index is 0.0134. The van der Waals surface area contributed by atoms with Crippen LogP contribution in [0.15, 0.2) is 18.2 Å². The summed E-state index contributed by atoms with van der Waals surface area (Å²) in [5.41, 5.74) is 2.36. The van der Waals surface area contributed by atoms with Gasteiger partial charge in [0, 0.05) is 26.1 Å². The van der Waals surface area contributed by atoms with E-state index >= 15 is 0 Å². The number of fused-ring (bicyclic) bond motifs is 1. The lowest BCUT2D eigenvalue weighted by atomic mass is 10.1. The molecule has 1 aromatic rings. The molecule has 0 spiro atoms. The number of anilines is 1. The summed E-state index contributed by atoms with van der Waals surface area (Å²) < 4.78 is 5.78. The molecule has 0 saturated carbocycles. The molecule has 0 fully saturated rings. The quantitative estimate of drug-likeness (QED) is 0.696. The van der Waals surface area contributed by atoms with E-state index in [1.165, 1.54) is 12.5 Å². The van der Waals surface area contributed by atoms with E-state index in [0.717, 1.165) is 30.9 Å². The van der Waals surface area contributed by atoms with Crippen LogP contribution in [0.2, 0.25) is 0 Å². The minimum atomic E-state index is 0.0134. The van der Waals surface area contributed by atoms with Gasteiger partial charge in [0.25, 0.3) is 0 Å². The first-order valence-electron chi connectivity index (χ1n) is 7.56. The lowest BCUT2D eigenvalue weighted by Crippen LogP contribution is -2.36. The highest BCUT2D eigenvalue weighted by atomic mass is 16.5. The van der Waals surface area contributed by atoms with Crippen molar-refractivity contribution >= 4 is 11.6 Å². The molecule has 2 rings (SSSR count). The highest BCUT2D eigenvalue weighted by Crippen LogP contribution is 2.30. The second kappa shape index (κ2) is 7.31. The Bertz CT molecular complexity index is 490. The Morgan fingerprint density at radius 3 is 3.05 bits per heavy atom.